The summed E-state index contributed by atoms with van der Waals surface area (Å²) in [4.78, 5) is 1.81. The minimum absolute atomic E-state index is 0.303. The molecule has 1 saturated carbocycles. The molecule has 1 aromatic carbocycles. The van der Waals surface area contributed by atoms with Gasteiger partial charge in [-0.1, -0.05) is 12.1 Å². The molecule has 0 bridgehead atoms. The summed E-state index contributed by atoms with van der Waals surface area (Å²) in [6, 6.07) is 4.80. The number of likely N-dealkylation sites (N-methyl/N-ethyl adjacent to an activating group) is 1. The van der Waals surface area contributed by atoms with Crippen LogP contribution in [0.15, 0.2) is 18.2 Å². The first kappa shape index (κ1) is 14.3. The lowest BCUT2D eigenvalue weighted by atomic mass is 10.1. The third-order valence-electron chi connectivity index (χ3n) is 3.47. The van der Waals surface area contributed by atoms with E-state index in [0.717, 1.165) is 12.5 Å². The van der Waals surface area contributed by atoms with Gasteiger partial charge in [0, 0.05) is 25.8 Å². The lowest BCUT2D eigenvalue weighted by Gasteiger charge is -2.24. The van der Waals surface area contributed by atoms with Gasteiger partial charge < -0.3 is 14.7 Å². The van der Waals surface area contributed by atoms with Crippen molar-refractivity contribution in [2.24, 2.45) is 5.92 Å². The normalized spacial score (nSPS) is 16.4. The number of hydrogen-bond donors (Lipinski definition) is 1. The Kier molecular flexibility index (Phi) is 4.77. The average Bonchev–Trinajstić information content (AvgIpc) is 3.18. The van der Waals surface area contributed by atoms with Crippen LogP contribution < -0.4 is 4.90 Å². The second-order valence-electron chi connectivity index (χ2n) is 5.29. The SMILES string of the molecule is C[C@@H](O)c1cccc(F)c1N(C)CCOCC1CC1. The smallest absolute Gasteiger partial charge is 0.146 e. The van der Waals surface area contributed by atoms with E-state index in [0.29, 0.717) is 24.4 Å². The molecule has 1 N–H and O–H groups in total. The fourth-order valence-corrected chi connectivity index (χ4v) is 2.12. The Morgan fingerprint density at radius 1 is 1.47 bits per heavy atom. The number of ether oxygens (including phenoxy) is 1. The van der Waals surface area contributed by atoms with E-state index in [1.54, 1.807) is 19.1 Å². The van der Waals surface area contributed by atoms with Crippen molar-refractivity contribution in [3.8, 4) is 0 Å². The van der Waals surface area contributed by atoms with Crippen LogP contribution in [-0.2, 0) is 4.74 Å². The molecule has 2 rings (SSSR count). The Hall–Kier alpha value is -1.13. The molecule has 19 heavy (non-hydrogen) atoms. The molecule has 1 atom stereocenters. The molecular weight excluding hydrogens is 245 g/mol. The molecule has 0 radical (unpaired) electrons. The minimum Gasteiger partial charge on any atom is -0.389 e. The van der Waals surface area contributed by atoms with Crippen LogP contribution in [-0.4, -0.2) is 31.9 Å². The van der Waals surface area contributed by atoms with Crippen molar-refractivity contribution in [1.82, 2.24) is 0 Å². The highest BCUT2D eigenvalue weighted by Crippen LogP contribution is 2.29. The Bertz CT molecular complexity index is 419. The van der Waals surface area contributed by atoms with Crippen LogP contribution in [0, 0.1) is 11.7 Å². The second-order valence-corrected chi connectivity index (χ2v) is 5.29. The van der Waals surface area contributed by atoms with E-state index in [-0.39, 0.29) is 5.82 Å². The maximum absolute atomic E-state index is 13.9. The highest BCUT2D eigenvalue weighted by atomic mass is 19.1. The number of para-hydroxylation sites is 1. The Labute approximate surface area is 114 Å². The maximum Gasteiger partial charge on any atom is 0.146 e. The molecule has 1 aliphatic carbocycles. The van der Waals surface area contributed by atoms with Gasteiger partial charge in [0.25, 0.3) is 0 Å². The minimum atomic E-state index is -0.680. The van der Waals surface area contributed by atoms with Gasteiger partial charge in [-0.2, -0.15) is 0 Å². The van der Waals surface area contributed by atoms with Crippen molar-refractivity contribution >= 4 is 5.69 Å². The highest BCUT2D eigenvalue weighted by Gasteiger charge is 2.21. The van der Waals surface area contributed by atoms with E-state index >= 15 is 0 Å². The average molecular weight is 267 g/mol. The third-order valence-corrected chi connectivity index (χ3v) is 3.47. The van der Waals surface area contributed by atoms with Gasteiger partial charge in [0.1, 0.15) is 5.82 Å². The molecule has 0 saturated heterocycles. The molecule has 0 spiro atoms. The number of halogens is 1. The first-order chi connectivity index (χ1) is 9.09. The van der Waals surface area contributed by atoms with Gasteiger partial charge in [-0.3, -0.25) is 0 Å². The predicted octanol–water partition coefficient (Wildman–Crippen LogP) is 2.74. The lowest BCUT2D eigenvalue weighted by molar-refractivity contribution is 0.130. The van der Waals surface area contributed by atoms with Gasteiger partial charge in [-0.15, -0.1) is 0 Å². The molecule has 1 aliphatic rings. The largest absolute Gasteiger partial charge is 0.389 e. The summed E-state index contributed by atoms with van der Waals surface area (Å²) in [5.74, 6) is 0.440. The van der Waals surface area contributed by atoms with Gasteiger partial charge in [-0.25, -0.2) is 4.39 Å². The number of rotatable bonds is 7. The number of aliphatic hydroxyl groups is 1. The summed E-state index contributed by atoms with van der Waals surface area (Å²) < 4.78 is 19.5. The van der Waals surface area contributed by atoms with Gasteiger partial charge in [0.15, 0.2) is 0 Å². The molecule has 0 unspecified atom stereocenters. The van der Waals surface area contributed by atoms with Crippen LogP contribution in [0.1, 0.15) is 31.4 Å². The summed E-state index contributed by atoms with van der Waals surface area (Å²) in [6.07, 6.45) is 1.87. The topological polar surface area (TPSA) is 32.7 Å². The molecule has 4 heteroatoms. The first-order valence-corrected chi connectivity index (χ1v) is 6.85. The molecule has 0 aliphatic heterocycles. The molecule has 0 heterocycles. The molecular formula is C15H22FNO2. The molecule has 0 aromatic heterocycles. The Balaban J connectivity index is 1.94. The highest BCUT2D eigenvalue weighted by molar-refractivity contribution is 5.55. The van der Waals surface area contributed by atoms with E-state index in [4.69, 9.17) is 4.74 Å². The molecule has 3 nitrogen and oxygen atoms in total. The fraction of sp³-hybridized carbons (Fsp3) is 0.600. The van der Waals surface area contributed by atoms with Gasteiger partial charge in [0.2, 0.25) is 0 Å². The summed E-state index contributed by atoms with van der Waals surface area (Å²) in [5, 5.41) is 9.71. The number of aliphatic hydroxyl groups excluding tert-OH is 1. The summed E-state index contributed by atoms with van der Waals surface area (Å²) in [6.45, 7) is 3.66. The number of anilines is 1. The fourth-order valence-electron chi connectivity index (χ4n) is 2.12. The van der Waals surface area contributed by atoms with E-state index < -0.39 is 6.10 Å². The van der Waals surface area contributed by atoms with Gasteiger partial charge >= 0.3 is 0 Å². The van der Waals surface area contributed by atoms with Crippen molar-refractivity contribution in [2.45, 2.75) is 25.9 Å². The van der Waals surface area contributed by atoms with Crippen LogP contribution in [0.2, 0.25) is 0 Å². The van der Waals surface area contributed by atoms with Gasteiger partial charge in [0.05, 0.1) is 18.4 Å². The van der Waals surface area contributed by atoms with Crippen molar-refractivity contribution in [2.75, 3.05) is 31.7 Å². The zero-order valence-electron chi connectivity index (χ0n) is 11.6. The van der Waals surface area contributed by atoms with E-state index in [1.165, 1.54) is 18.9 Å². The second kappa shape index (κ2) is 6.35. The van der Waals surface area contributed by atoms with Crippen molar-refractivity contribution in [1.29, 1.82) is 0 Å². The van der Waals surface area contributed by atoms with E-state index in [2.05, 4.69) is 0 Å². The van der Waals surface area contributed by atoms with E-state index in [9.17, 15) is 9.50 Å². The van der Waals surface area contributed by atoms with Crippen LogP contribution >= 0.6 is 0 Å². The first-order valence-electron chi connectivity index (χ1n) is 6.85. The molecule has 0 amide bonds. The Morgan fingerprint density at radius 3 is 2.84 bits per heavy atom. The van der Waals surface area contributed by atoms with Crippen LogP contribution in [0.25, 0.3) is 0 Å². The quantitative estimate of drug-likeness (QED) is 0.771. The number of nitrogens with zero attached hydrogens (tertiary/aromatic N) is 1. The van der Waals surface area contributed by atoms with Gasteiger partial charge in [-0.05, 0) is 31.7 Å². The van der Waals surface area contributed by atoms with Crippen molar-refractivity contribution in [3.05, 3.63) is 29.6 Å². The maximum atomic E-state index is 13.9. The summed E-state index contributed by atoms with van der Waals surface area (Å²) in [5.41, 5.74) is 1.08. The van der Waals surface area contributed by atoms with Crippen LogP contribution in [0.3, 0.4) is 0 Å². The Morgan fingerprint density at radius 2 is 2.21 bits per heavy atom. The summed E-state index contributed by atoms with van der Waals surface area (Å²) >= 11 is 0. The zero-order chi connectivity index (χ0) is 13.8. The molecule has 1 aromatic rings. The molecule has 1 fully saturated rings. The number of hydrogen-bond acceptors (Lipinski definition) is 3. The lowest BCUT2D eigenvalue weighted by Crippen LogP contribution is -2.25. The molecule has 106 valence electrons. The predicted molar refractivity (Wildman–Crippen MR) is 73.8 cm³/mol. The third kappa shape index (κ3) is 3.91. The van der Waals surface area contributed by atoms with Crippen LogP contribution in [0.4, 0.5) is 10.1 Å². The monoisotopic (exact) mass is 267 g/mol. The summed E-state index contributed by atoms with van der Waals surface area (Å²) in [7, 11) is 1.82. The van der Waals surface area contributed by atoms with E-state index in [1.807, 2.05) is 11.9 Å². The van der Waals surface area contributed by atoms with Crippen LogP contribution in [0.5, 0.6) is 0 Å². The van der Waals surface area contributed by atoms with Crippen molar-refractivity contribution < 1.29 is 14.2 Å². The van der Waals surface area contributed by atoms with Crippen molar-refractivity contribution in [3.63, 3.8) is 0 Å². The number of benzene rings is 1. The standard InChI is InChI=1S/C15H22FNO2/c1-11(18)13-4-3-5-14(16)15(13)17(2)8-9-19-10-12-6-7-12/h3-5,11-12,18H,6-10H2,1-2H3/t11-/m1/s1. The zero-order valence-corrected chi connectivity index (χ0v) is 11.6.